The molecular formula is C14H17NO3S. The Labute approximate surface area is 113 Å². The van der Waals surface area contributed by atoms with E-state index in [1.165, 1.54) is 6.07 Å². The average Bonchev–Trinajstić information content (AvgIpc) is 2.38. The monoisotopic (exact) mass is 279 g/mol. The van der Waals surface area contributed by atoms with Gasteiger partial charge in [0.25, 0.3) is 10.1 Å². The van der Waals surface area contributed by atoms with Gasteiger partial charge in [-0.25, -0.2) is 0 Å². The van der Waals surface area contributed by atoms with Gasteiger partial charge in [0.15, 0.2) is 0 Å². The quantitative estimate of drug-likeness (QED) is 0.874. The maximum Gasteiger partial charge on any atom is 0.295 e. The Bertz CT molecular complexity index is 691. The van der Waals surface area contributed by atoms with Crippen LogP contribution in [0, 0.1) is 0 Å². The molecule has 4 nitrogen and oxygen atoms in total. The lowest BCUT2D eigenvalue weighted by Crippen LogP contribution is -2.22. The molecule has 0 aromatic heterocycles. The van der Waals surface area contributed by atoms with Crippen LogP contribution in [0.4, 0.5) is 5.69 Å². The lowest BCUT2D eigenvalue weighted by Gasteiger charge is -2.22. The molecule has 0 atom stereocenters. The van der Waals surface area contributed by atoms with Gasteiger partial charge in [-0.3, -0.25) is 4.55 Å². The summed E-state index contributed by atoms with van der Waals surface area (Å²) < 4.78 is 32.5. The zero-order valence-corrected chi connectivity index (χ0v) is 11.8. The van der Waals surface area contributed by atoms with Gasteiger partial charge < -0.3 is 4.90 Å². The molecule has 0 spiro atoms. The van der Waals surface area contributed by atoms with E-state index in [2.05, 4.69) is 0 Å². The molecule has 2 aromatic rings. The second-order valence-electron chi connectivity index (χ2n) is 4.31. The van der Waals surface area contributed by atoms with Gasteiger partial charge in [0.1, 0.15) is 4.90 Å². The molecule has 0 unspecified atom stereocenters. The Hall–Kier alpha value is -1.59. The molecule has 0 aliphatic heterocycles. The van der Waals surface area contributed by atoms with Gasteiger partial charge >= 0.3 is 0 Å². The maximum atomic E-state index is 11.5. The van der Waals surface area contributed by atoms with Crippen molar-refractivity contribution in [3.63, 3.8) is 0 Å². The Kier molecular flexibility index (Phi) is 3.78. The molecule has 0 aliphatic carbocycles. The molecule has 5 heteroatoms. The summed E-state index contributed by atoms with van der Waals surface area (Å²) in [5.74, 6) is 0. The molecule has 0 amide bonds. The van der Waals surface area contributed by atoms with Crippen LogP contribution in [-0.2, 0) is 10.1 Å². The number of hydrogen-bond donors (Lipinski definition) is 1. The molecule has 1 N–H and O–H groups in total. The molecule has 102 valence electrons. The highest BCUT2D eigenvalue weighted by molar-refractivity contribution is 7.86. The van der Waals surface area contributed by atoms with E-state index < -0.39 is 10.1 Å². The molecule has 0 heterocycles. The molecule has 2 aromatic carbocycles. The van der Waals surface area contributed by atoms with Gasteiger partial charge in [0.2, 0.25) is 0 Å². The van der Waals surface area contributed by atoms with Gasteiger partial charge in [-0.1, -0.05) is 24.3 Å². The maximum absolute atomic E-state index is 11.5. The minimum atomic E-state index is -4.23. The molecule has 0 saturated heterocycles. The van der Waals surface area contributed by atoms with Crippen molar-refractivity contribution in [1.29, 1.82) is 0 Å². The predicted octanol–water partition coefficient (Wildman–Crippen LogP) is 2.93. The van der Waals surface area contributed by atoms with Crippen LogP contribution in [0.2, 0.25) is 0 Å². The zero-order valence-electron chi connectivity index (χ0n) is 11.0. The van der Waals surface area contributed by atoms with E-state index in [1.807, 2.05) is 36.9 Å². The van der Waals surface area contributed by atoms with Crippen LogP contribution in [0.1, 0.15) is 13.8 Å². The highest BCUT2D eigenvalue weighted by atomic mass is 32.2. The fourth-order valence-corrected chi connectivity index (χ4v) is 2.98. The van der Waals surface area contributed by atoms with Gasteiger partial charge in [-0.05, 0) is 31.4 Å². The average molecular weight is 279 g/mol. The van der Waals surface area contributed by atoms with E-state index in [-0.39, 0.29) is 4.90 Å². The Morgan fingerprint density at radius 3 is 2.32 bits per heavy atom. The second-order valence-corrected chi connectivity index (χ2v) is 5.70. The molecule has 2 rings (SSSR count). The first-order valence-corrected chi connectivity index (χ1v) is 7.66. The van der Waals surface area contributed by atoms with Crippen molar-refractivity contribution >= 4 is 26.6 Å². The lowest BCUT2D eigenvalue weighted by molar-refractivity contribution is 0.484. The van der Waals surface area contributed by atoms with Crippen molar-refractivity contribution in [3.8, 4) is 0 Å². The molecule has 19 heavy (non-hydrogen) atoms. The van der Waals surface area contributed by atoms with E-state index >= 15 is 0 Å². The molecular weight excluding hydrogens is 262 g/mol. The number of fused-ring (bicyclic) bond motifs is 1. The smallest absolute Gasteiger partial charge is 0.295 e. The van der Waals surface area contributed by atoms with Crippen LogP contribution in [0.15, 0.2) is 41.3 Å². The first-order chi connectivity index (χ1) is 8.97. The van der Waals surface area contributed by atoms with Crippen molar-refractivity contribution in [2.24, 2.45) is 0 Å². The number of anilines is 1. The van der Waals surface area contributed by atoms with E-state index in [0.29, 0.717) is 5.39 Å². The van der Waals surface area contributed by atoms with Crippen LogP contribution in [0.5, 0.6) is 0 Å². The zero-order chi connectivity index (χ0) is 14.0. The fourth-order valence-electron chi connectivity index (χ4n) is 2.25. The third kappa shape index (κ3) is 2.72. The summed E-state index contributed by atoms with van der Waals surface area (Å²) in [6, 6.07) is 10.6. The second kappa shape index (κ2) is 5.19. The number of benzene rings is 2. The molecule has 0 saturated carbocycles. The first-order valence-electron chi connectivity index (χ1n) is 6.22. The minimum Gasteiger partial charge on any atom is -0.372 e. The van der Waals surface area contributed by atoms with Gasteiger partial charge in [-0.2, -0.15) is 8.42 Å². The van der Waals surface area contributed by atoms with Crippen molar-refractivity contribution in [2.45, 2.75) is 18.7 Å². The van der Waals surface area contributed by atoms with Crippen LogP contribution >= 0.6 is 0 Å². The predicted molar refractivity (Wildman–Crippen MR) is 77.3 cm³/mol. The van der Waals surface area contributed by atoms with E-state index in [9.17, 15) is 13.0 Å². The number of nitrogens with zero attached hydrogens (tertiary/aromatic N) is 1. The van der Waals surface area contributed by atoms with E-state index in [0.717, 1.165) is 24.2 Å². The molecule has 0 aliphatic rings. The van der Waals surface area contributed by atoms with Crippen LogP contribution in [0.3, 0.4) is 0 Å². The summed E-state index contributed by atoms with van der Waals surface area (Å²) in [5, 5.41) is 1.35. The minimum absolute atomic E-state index is 0.0347. The normalized spacial score (nSPS) is 11.7. The summed E-state index contributed by atoms with van der Waals surface area (Å²) in [4.78, 5) is 2.01. The third-order valence-electron chi connectivity index (χ3n) is 3.22. The van der Waals surface area contributed by atoms with Gasteiger partial charge in [0, 0.05) is 24.2 Å². The van der Waals surface area contributed by atoms with Crippen molar-refractivity contribution in [2.75, 3.05) is 18.0 Å². The molecule has 0 bridgehead atoms. The summed E-state index contributed by atoms with van der Waals surface area (Å²) in [5.41, 5.74) is 0.802. The van der Waals surface area contributed by atoms with E-state index in [1.54, 1.807) is 12.1 Å². The number of rotatable bonds is 4. The van der Waals surface area contributed by atoms with E-state index in [4.69, 9.17) is 0 Å². The molecule has 0 radical (unpaired) electrons. The SMILES string of the molecule is CCN(CC)c1cc(S(=O)(=O)O)c2ccccc2c1. The highest BCUT2D eigenvalue weighted by Crippen LogP contribution is 2.29. The highest BCUT2D eigenvalue weighted by Gasteiger charge is 2.16. The summed E-state index contributed by atoms with van der Waals surface area (Å²) in [6.07, 6.45) is 0. The largest absolute Gasteiger partial charge is 0.372 e. The van der Waals surface area contributed by atoms with Crippen LogP contribution in [-0.4, -0.2) is 26.1 Å². The first kappa shape index (κ1) is 13.8. The summed E-state index contributed by atoms with van der Waals surface area (Å²) in [7, 11) is -4.23. The Morgan fingerprint density at radius 1 is 1.11 bits per heavy atom. The van der Waals surface area contributed by atoms with Crippen molar-refractivity contribution in [1.82, 2.24) is 0 Å². The molecule has 0 fully saturated rings. The van der Waals surface area contributed by atoms with Gasteiger partial charge in [0.05, 0.1) is 0 Å². The lowest BCUT2D eigenvalue weighted by atomic mass is 10.1. The van der Waals surface area contributed by atoms with Crippen LogP contribution < -0.4 is 4.90 Å². The van der Waals surface area contributed by atoms with Crippen molar-refractivity contribution < 1.29 is 13.0 Å². The number of hydrogen-bond acceptors (Lipinski definition) is 3. The Morgan fingerprint density at radius 2 is 1.74 bits per heavy atom. The van der Waals surface area contributed by atoms with Crippen LogP contribution in [0.25, 0.3) is 10.8 Å². The Balaban J connectivity index is 2.77. The fraction of sp³-hybridized carbons (Fsp3) is 0.286. The topological polar surface area (TPSA) is 57.6 Å². The summed E-state index contributed by atoms with van der Waals surface area (Å²) in [6.45, 7) is 5.57. The third-order valence-corrected chi connectivity index (χ3v) is 4.11. The standard InChI is InChI=1S/C14H17NO3S/c1-3-15(4-2)12-9-11-7-5-6-8-13(11)14(10-12)19(16,17)18/h5-10H,3-4H2,1-2H3,(H,16,17,18). The summed E-state index contributed by atoms with van der Waals surface area (Å²) >= 11 is 0. The van der Waals surface area contributed by atoms with Gasteiger partial charge in [-0.15, -0.1) is 0 Å². The van der Waals surface area contributed by atoms with Crippen molar-refractivity contribution in [3.05, 3.63) is 36.4 Å².